The van der Waals surface area contributed by atoms with Crippen molar-refractivity contribution >= 4 is 10.0 Å². The number of aromatic nitrogens is 2. The Hall–Kier alpha value is -0.880. The van der Waals surface area contributed by atoms with E-state index in [2.05, 4.69) is 30.6 Å². The van der Waals surface area contributed by atoms with Crippen LogP contribution in [0.25, 0.3) is 0 Å². The zero-order valence-corrected chi connectivity index (χ0v) is 14.4. The maximum absolute atomic E-state index is 12.5. The van der Waals surface area contributed by atoms with Crippen molar-refractivity contribution in [3.63, 3.8) is 0 Å². The van der Waals surface area contributed by atoms with Crippen LogP contribution < -0.4 is 4.72 Å². The minimum Gasteiger partial charge on any atom is -0.271 e. The normalized spacial score (nSPS) is 13.8. The fourth-order valence-electron chi connectivity index (χ4n) is 2.71. The molecule has 116 valence electrons. The summed E-state index contributed by atoms with van der Waals surface area (Å²) >= 11 is 0. The van der Waals surface area contributed by atoms with Gasteiger partial charge < -0.3 is 0 Å². The average Bonchev–Trinajstić information content (AvgIpc) is 2.54. The molecule has 0 saturated heterocycles. The zero-order chi connectivity index (χ0) is 15.8. The molecule has 6 heteroatoms. The van der Waals surface area contributed by atoms with Crippen LogP contribution in [0.1, 0.15) is 53.7 Å². The SMILES string of the molecule is CCn1cc(S(=O)(=O)NC(C)(C)CC(C)(C)C)c(C)n1. The summed E-state index contributed by atoms with van der Waals surface area (Å²) in [6.07, 6.45) is 2.34. The number of nitrogens with zero attached hydrogens (tertiary/aromatic N) is 2. The quantitative estimate of drug-likeness (QED) is 0.909. The summed E-state index contributed by atoms with van der Waals surface area (Å²) in [7, 11) is -3.54. The second-order valence-corrected chi connectivity index (χ2v) is 8.81. The van der Waals surface area contributed by atoms with Gasteiger partial charge in [0, 0.05) is 18.3 Å². The first-order valence-corrected chi connectivity index (χ1v) is 8.43. The van der Waals surface area contributed by atoms with E-state index in [4.69, 9.17) is 0 Å². The molecule has 0 unspecified atom stereocenters. The molecule has 0 fully saturated rings. The van der Waals surface area contributed by atoms with Crippen LogP contribution in [-0.2, 0) is 16.6 Å². The molecular formula is C14H27N3O2S. The fourth-order valence-corrected chi connectivity index (χ4v) is 4.31. The predicted molar refractivity (Wildman–Crippen MR) is 81.1 cm³/mol. The van der Waals surface area contributed by atoms with Crippen LogP contribution in [0.4, 0.5) is 0 Å². The molecule has 0 bridgehead atoms. The van der Waals surface area contributed by atoms with Gasteiger partial charge in [0.05, 0.1) is 5.69 Å². The van der Waals surface area contributed by atoms with Crippen LogP contribution in [-0.4, -0.2) is 23.7 Å². The van der Waals surface area contributed by atoms with E-state index in [1.807, 2.05) is 20.8 Å². The summed E-state index contributed by atoms with van der Waals surface area (Å²) in [6.45, 7) is 14.4. The van der Waals surface area contributed by atoms with E-state index in [1.165, 1.54) is 0 Å². The Kier molecular flexibility index (Phi) is 4.71. The first kappa shape index (κ1) is 17.2. The van der Waals surface area contributed by atoms with Gasteiger partial charge in [-0.25, -0.2) is 13.1 Å². The van der Waals surface area contributed by atoms with Crippen molar-refractivity contribution in [1.82, 2.24) is 14.5 Å². The van der Waals surface area contributed by atoms with Gasteiger partial charge in [-0.3, -0.25) is 4.68 Å². The van der Waals surface area contributed by atoms with E-state index < -0.39 is 15.6 Å². The van der Waals surface area contributed by atoms with Gasteiger partial charge in [-0.2, -0.15) is 5.10 Å². The molecule has 1 N–H and O–H groups in total. The maximum Gasteiger partial charge on any atom is 0.244 e. The third kappa shape index (κ3) is 4.59. The molecule has 20 heavy (non-hydrogen) atoms. The second-order valence-electron chi connectivity index (χ2n) is 7.16. The van der Waals surface area contributed by atoms with Gasteiger partial charge in [0.25, 0.3) is 0 Å². The summed E-state index contributed by atoms with van der Waals surface area (Å²) in [6, 6.07) is 0. The molecule has 1 aromatic rings. The van der Waals surface area contributed by atoms with Crippen LogP contribution in [0.3, 0.4) is 0 Å². The van der Waals surface area contributed by atoms with Crippen LogP contribution in [0, 0.1) is 12.3 Å². The molecule has 1 heterocycles. The van der Waals surface area contributed by atoms with Gasteiger partial charge >= 0.3 is 0 Å². The minimum absolute atomic E-state index is 0.0503. The molecule has 0 radical (unpaired) electrons. The van der Waals surface area contributed by atoms with Crippen LogP contribution in [0.2, 0.25) is 0 Å². The van der Waals surface area contributed by atoms with Crippen LogP contribution in [0.15, 0.2) is 11.1 Å². The number of rotatable bonds is 5. The third-order valence-corrected chi connectivity index (χ3v) is 4.70. The molecule has 0 atom stereocenters. The van der Waals surface area contributed by atoms with E-state index in [-0.39, 0.29) is 10.3 Å². The number of hydrogen-bond acceptors (Lipinski definition) is 3. The molecular weight excluding hydrogens is 274 g/mol. The number of sulfonamides is 1. The lowest BCUT2D eigenvalue weighted by Crippen LogP contribution is -2.45. The van der Waals surface area contributed by atoms with E-state index in [9.17, 15) is 8.42 Å². The fraction of sp³-hybridized carbons (Fsp3) is 0.786. The largest absolute Gasteiger partial charge is 0.271 e. The smallest absolute Gasteiger partial charge is 0.244 e. The Morgan fingerprint density at radius 2 is 1.80 bits per heavy atom. The summed E-state index contributed by atoms with van der Waals surface area (Å²) in [5.41, 5.74) is 0.0814. The molecule has 0 saturated carbocycles. The van der Waals surface area contributed by atoms with E-state index in [0.717, 1.165) is 6.42 Å². The van der Waals surface area contributed by atoms with Gasteiger partial charge in [0.15, 0.2) is 0 Å². The summed E-state index contributed by atoms with van der Waals surface area (Å²) in [5.74, 6) is 0. The Balaban J connectivity index is 3.03. The van der Waals surface area contributed by atoms with Crippen molar-refractivity contribution in [3.8, 4) is 0 Å². The van der Waals surface area contributed by atoms with Crippen molar-refractivity contribution in [1.29, 1.82) is 0 Å². The molecule has 5 nitrogen and oxygen atoms in total. The highest BCUT2D eigenvalue weighted by atomic mass is 32.2. The Morgan fingerprint density at radius 1 is 1.25 bits per heavy atom. The van der Waals surface area contributed by atoms with Crippen molar-refractivity contribution in [2.45, 2.75) is 71.9 Å². The first-order valence-electron chi connectivity index (χ1n) is 6.94. The van der Waals surface area contributed by atoms with E-state index in [0.29, 0.717) is 12.2 Å². The Labute approximate surface area is 122 Å². The molecule has 0 aliphatic heterocycles. The molecule has 1 aromatic heterocycles. The van der Waals surface area contributed by atoms with E-state index in [1.54, 1.807) is 17.8 Å². The number of hydrogen-bond donors (Lipinski definition) is 1. The molecule has 0 amide bonds. The lowest BCUT2D eigenvalue weighted by atomic mass is 9.82. The molecule has 1 rings (SSSR count). The second kappa shape index (κ2) is 5.48. The zero-order valence-electron chi connectivity index (χ0n) is 13.6. The van der Waals surface area contributed by atoms with Gasteiger partial charge in [-0.1, -0.05) is 20.8 Å². The van der Waals surface area contributed by atoms with Crippen molar-refractivity contribution in [2.24, 2.45) is 5.41 Å². The van der Waals surface area contributed by atoms with Gasteiger partial charge in [0.1, 0.15) is 4.90 Å². The topological polar surface area (TPSA) is 64.0 Å². The highest BCUT2D eigenvalue weighted by Gasteiger charge is 2.32. The lowest BCUT2D eigenvalue weighted by Gasteiger charge is -2.32. The van der Waals surface area contributed by atoms with Gasteiger partial charge in [-0.05, 0) is 39.5 Å². The highest BCUT2D eigenvalue weighted by molar-refractivity contribution is 7.89. The predicted octanol–water partition coefficient (Wildman–Crippen LogP) is 2.70. The van der Waals surface area contributed by atoms with E-state index >= 15 is 0 Å². The van der Waals surface area contributed by atoms with Crippen LogP contribution in [0.5, 0.6) is 0 Å². The summed E-state index contributed by atoms with van der Waals surface area (Å²) < 4.78 is 29.5. The van der Waals surface area contributed by atoms with Crippen molar-refractivity contribution < 1.29 is 8.42 Å². The maximum atomic E-state index is 12.5. The van der Waals surface area contributed by atoms with Crippen molar-refractivity contribution in [2.75, 3.05) is 0 Å². The summed E-state index contributed by atoms with van der Waals surface area (Å²) in [4.78, 5) is 0.265. The van der Waals surface area contributed by atoms with Gasteiger partial charge in [0.2, 0.25) is 10.0 Å². The monoisotopic (exact) mass is 301 g/mol. The summed E-state index contributed by atoms with van der Waals surface area (Å²) in [5, 5.41) is 4.20. The van der Waals surface area contributed by atoms with Crippen LogP contribution >= 0.6 is 0 Å². The third-order valence-electron chi connectivity index (χ3n) is 2.90. The Bertz CT molecular complexity index is 566. The molecule has 0 aliphatic carbocycles. The molecule has 0 aromatic carbocycles. The van der Waals surface area contributed by atoms with Gasteiger partial charge in [-0.15, -0.1) is 0 Å². The lowest BCUT2D eigenvalue weighted by molar-refractivity contribution is 0.269. The average molecular weight is 301 g/mol. The number of aryl methyl sites for hydroxylation is 2. The first-order chi connectivity index (χ1) is 8.86. The Morgan fingerprint density at radius 3 is 2.20 bits per heavy atom. The minimum atomic E-state index is -3.54. The number of nitrogens with one attached hydrogen (secondary N) is 1. The standard InChI is InChI=1S/C14H27N3O2S/c1-8-17-9-12(11(2)15-17)20(18,19)16-14(6,7)10-13(3,4)5/h9,16H,8,10H2,1-7H3. The highest BCUT2D eigenvalue weighted by Crippen LogP contribution is 2.28. The molecule has 0 spiro atoms. The van der Waals surface area contributed by atoms with Crippen molar-refractivity contribution in [3.05, 3.63) is 11.9 Å². The molecule has 0 aliphatic rings.